The molecule has 0 heterocycles. The van der Waals surface area contributed by atoms with Gasteiger partial charge in [-0.1, -0.05) is 121 Å². The first-order chi connectivity index (χ1) is 24.4. The number of ether oxygens (including phenoxy) is 2. The van der Waals surface area contributed by atoms with Crippen LogP contribution in [0, 0.1) is 0 Å². The molecule has 0 bridgehead atoms. The fraction of sp³-hybridized carbons (Fsp3) is 0.0455. The van der Waals surface area contributed by atoms with Crippen LogP contribution in [-0.4, -0.2) is 35.4 Å². The largest absolute Gasteiger partial charge is 0.481 e. The summed E-state index contributed by atoms with van der Waals surface area (Å²) in [6.07, 6.45) is 0. The van der Waals surface area contributed by atoms with Crippen molar-refractivity contribution >= 4 is 55.0 Å². The molecule has 0 saturated carbocycles. The van der Waals surface area contributed by atoms with E-state index >= 15 is 0 Å². The van der Waals surface area contributed by atoms with Gasteiger partial charge >= 0.3 is 11.9 Å². The van der Waals surface area contributed by atoms with E-state index in [0.717, 1.165) is 65.3 Å². The molecule has 0 saturated heterocycles. The second-order valence-electron chi connectivity index (χ2n) is 12.2. The molecule has 0 amide bonds. The number of carboxylic acid groups (broad SMARTS) is 2. The van der Waals surface area contributed by atoms with Gasteiger partial charge in [0.25, 0.3) is 0 Å². The quantitative estimate of drug-likeness (QED) is 0.151. The van der Waals surface area contributed by atoms with E-state index in [2.05, 4.69) is 72.8 Å². The van der Waals surface area contributed by atoms with Crippen LogP contribution in [0.25, 0.3) is 76.5 Å². The maximum Gasteiger partial charge on any atom is 0.341 e. The second kappa shape index (κ2) is 12.7. The van der Waals surface area contributed by atoms with Gasteiger partial charge in [0.2, 0.25) is 0 Å². The fourth-order valence-corrected chi connectivity index (χ4v) is 6.91. The molecule has 0 aliphatic heterocycles. The van der Waals surface area contributed by atoms with Crippen molar-refractivity contribution in [3.05, 3.63) is 146 Å². The lowest BCUT2D eigenvalue weighted by molar-refractivity contribution is -0.140. The monoisotopic (exact) mass is 654 g/mol. The Morgan fingerprint density at radius 1 is 0.420 bits per heavy atom. The molecule has 2 N–H and O–H groups in total. The van der Waals surface area contributed by atoms with Crippen molar-refractivity contribution in [2.24, 2.45) is 0 Å². The maximum atomic E-state index is 11.8. The van der Waals surface area contributed by atoms with Crippen molar-refractivity contribution in [2.45, 2.75) is 0 Å². The normalized spacial score (nSPS) is 11.3. The maximum absolute atomic E-state index is 11.8. The van der Waals surface area contributed by atoms with Gasteiger partial charge in [-0.05, 0) is 78.8 Å². The zero-order valence-corrected chi connectivity index (χ0v) is 26.8. The minimum atomic E-state index is -1.11. The van der Waals surface area contributed by atoms with E-state index in [4.69, 9.17) is 9.47 Å². The molecule has 0 aliphatic rings. The van der Waals surface area contributed by atoms with Crippen LogP contribution >= 0.6 is 0 Å². The summed E-state index contributed by atoms with van der Waals surface area (Å²) in [5.41, 5.74) is 5.57. The van der Waals surface area contributed by atoms with Crippen LogP contribution in [0.3, 0.4) is 0 Å². The average molecular weight is 655 g/mol. The molecule has 0 aliphatic carbocycles. The van der Waals surface area contributed by atoms with Crippen molar-refractivity contribution in [3.63, 3.8) is 0 Å². The third-order valence-corrected chi connectivity index (χ3v) is 9.09. The number of rotatable bonds is 9. The molecule has 242 valence electrons. The van der Waals surface area contributed by atoms with Gasteiger partial charge in [0.15, 0.2) is 13.2 Å². The van der Waals surface area contributed by atoms with Crippen LogP contribution in [0.2, 0.25) is 0 Å². The molecule has 0 radical (unpaired) electrons. The van der Waals surface area contributed by atoms with E-state index < -0.39 is 25.2 Å². The van der Waals surface area contributed by atoms with E-state index in [9.17, 15) is 19.8 Å². The van der Waals surface area contributed by atoms with Gasteiger partial charge in [0, 0.05) is 21.9 Å². The van der Waals surface area contributed by atoms with Crippen LogP contribution in [-0.2, 0) is 9.59 Å². The van der Waals surface area contributed by atoms with Crippen LogP contribution in [0.1, 0.15) is 0 Å². The van der Waals surface area contributed by atoms with Crippen molar-refractivity contribution in [1.82, 2.24) is 0 Å². The number of benzene rings is 8. The predicted octanol–water partition coefficient (Wildman–Crippen LogP) is 10.2. The zero-order valence-electron chi connectivity index (χ0n) is 26.8. The van der Waals surface area contributed by atoms with Gasteiger partial charge in [-0.3, -0.25) is 0 Å². The number of hydrogen-bond donors (Lipinski definition) is 2. The van der Waals surface area contributed by atoms with E-state index in [-0.39, 0.29) is 0 Å². The van der Waals surface area contributed by atoms with Gasteiger partial charge in [-0.2, -0.15) is 0 Å². The fourth-order valence-electron chi connectivity index (χ4n) is 6.91. The summed E-state index contributed by atoms with van der Waals surface area (Å²) < 4.78 is 12.1. The first-order valence-electron chi connectivity index (χ1n) is 16.2. The molecule has 8 aromatic rings. The summed E-state index contributed by atoms with van der Waals surface area (Å²) in [5.74, 6) is -1.52. The van der Waals surface area contributed by atoms with Gasteiger partial charge in [0.05, 0.1) is 0 Å². The molecular weight excluding hydrogens is 624 g/mol. The number of hydrogen-bond acceptors (Lipinski definition) is 4. The highest BCUT2D eigenvalue weighted by Crippen LogP contribution is 2.49. The number of fused-ring (bicyclic) bond motifs is 6. The van der Waals surface area contributed by atoms with E-state index in [1.54, 1.807) is 12.1 Å². The van der Waals surface area contributed by atoms with Gasteiger partial charge < -0.3 is 19.7 Å². The average Bonchev–Trinajstić information content (AvgIpc) is 3.15. The molecule has 0 aromatic heterocycles. The van der Waals surface area contributed by atoms with Crippen molar-refractivity contribution in [3.8, 4) is 44.9 Å². The van der Waals surface area contributed by atoms with Crippen LogP contribution in [0.5, 0.6) is 11.5 Å². The third kappa shape index (κ3) is 5.63. The molecule has 8 rings (SSSR count). The smallest absolute Gasteiger partial charge is 0.341 e. The Labute approximate surface area is 287 Å². The molecule has 50 heavy (non-hydrogen) atoms. The highest BCUT2D eigenvalue weighted by atomic mass is 16.5. The van der Waals surface area contributed by atoms with Crippen molar-refractivity contribution in [2.75, 3.05) is 13.2 Å². The lowest BCUT2D eigenvalue weighted by atomic mass is 9.87. The van der Waals surface area contributed by atoms with E-state index in [0.29, 0.717) is 22.6 Å². The van der Waals surface area contributed by atoms with E-state index in [1.807, 2.05) is 60.7 Å². The van der Waals surface area contributed by atoms with Crippen molar-refractivity contribution in [1.29, 1.82) is 0 Å². The Balaban J connectivity index is 1.48. The molecule has 6 nitrogen and oxygen atoms in total. The molecule has 0 spiro atoms. The Morgan fingerprint density at radius 2 is 0.800 bits per heavy atom. The molecule has 0 fully saturated rings. The SMILES string of the molecule is O=C(O)COc1ccc2ccc3cc(-c4ccccc4)ccc3c2c1-c1c(OCC(=O)O)ccc2ccc3cc(-c4ccccc4)ccc3c12. The molecule has 6 heteroatoms. The lowest BCUT2D eigenvalue weighted by Crippen LogP contribution is -2.11. The molecular formula is C44H30O6. The van der Waals surface area contributed by atoms with E-state index in [1.165, 1.54) is 0 Å². The summed E-state index contributed by atoms with van der Waals surface area (Å²) in [5, 5.41) is 26.7. The topological polar surface area (TPSA) is 93.1 Å². The Bertz CT molecular complexity index is 2410. The zero-order chi connectivity index (χ0) is 34.2. The molecule has 0 atom stereocenters. The summed E-state index contributed by atoms with van der Waals surface area (Å²) >= 11 is 0. The molecule has 8 aromatic carbocycles. The third-order valence-electron chi connectivity index (χ3n) is 9.09. The molecule has 0 unspecified atom stereocenters. The van der Waals surface area contributed by atoms with Crippen LogP contribution in [0.15, 0.2) is 146 Å². The lowest BCUT2D eigenvalue weighted by Gasteiger charge is -2.21. The minimum absolute atomic E-state index is 0.352. The van der Waals surface area contributed by atoms with Crippen molar-refractivity contribution < 1.29 is 29.3 Å². The van der Waals surface area contributed by atoms with Gasteiger partial charge in [0.1, 0.15) is 11.5 Å². The first-order valence-corrected chi connectivity index (χ1v) is 16.2. The number of aliphatic carboxylic acids is 2. The summed E-state index contributed by atoms with van der Waals surface area (Å²) in [6.45, 7) is -1.11. The highest BCUT2D eigenvalue weighted by Gasteiger charge is 2.23. The first kappa shape index (κ1) is 30.7. The predicted molar refractivity (Wildman–Crippen MR) is 199 cm³/mol. The summed E-state index contributed by atoms with van der Waals surface area (Å²) in [7, 11) is 0. The van der Waals surface area contributed by atoms with Crippen LogP contribution < -0.4 is 9.47 Å². The Hall–Kier alpha value is -6.66. The Morgan fingerprint density at radius 3 is 1.20 bits per heavy atom. The van der Waals surface area contributed by atoms with Gasteiger partial charge in [-0.15, -0.1) is 0 Å². The summed E-state index contributed by atoms with van der Waals surface area (Å²) in [4.78, 5) is 23.7. The minimum Gasteiger partial charge on any atom is -0.481 e. The second-order valence-corrected chi connectivity index (χ2v) is 12.2. The van der Waals surface area contributed by atoms with Gasteiger partial charge in [-0.25, -0.2) is 9.59 Å². The standard InChI is InChI=1S/C44H30O6/c45-39(46)25-49-37-21-17-29-11-13-33-23-31(27-7-3-1-4-8-27)15-19-35(33)41(29)43(37)44-38(50-26-40(47)48)22-18-30-12-14-34-24-32(16-20-36(34)42(30)44)28-9-5-2-6-10-28/h1-24H,25-26H2,(H,45,46)(H,47,48). The summed E-state index contributed by atoms with van der Waals surface area (Å²) in [6, 6.07) is 48.6. The number of carboxylic acids is 2. The Kier molecular flexibility index (Phi) is 7.82. The highest BCUT2D eigenvalue weighted by molar-refractivity contribution is 6.23. The number of carbonyl (C=O) groups is 2. The van der Waals surface area contributed by atoms with Crippen LogP contribution in [0.4, 0.5) is 0 Å².